The Morgan fingerprint density at radius 1 is 1.29 bits per heavy atom. The van der Waals surface area contributed by atoms with Crippen LogP contribution < -0.4 is 14.8 Å². The van der Waals surface area contributed by atoms with Crippen molar-refractivity contribution in [3.05, 3.63) is 23.8 Å². The molecule has 5 nitrogen and oxygen atoms in total. The third-order valence-corrected chi connectivity index (χ3v) is 4.92. The van der Waals surface area contributed by atoms with E-state index < -0.39 is 15.6 Å². The monoisotopic (exact) mass is 312 g/mol. The molecular weight excluding hydrogens is 288 g/mol. The average Bonchev–Trinajstić information content (AvgIpc) is 3.17. The van der Waals surface area contributed by atoms with Crippen LogP contribution in [-0.2, 0) is 16.6 Å². The van der Waals surface area contributed by atoms with E-state index in [2.05, 4.69) is 10.0 Å². The van der Waals surface area contributed by atoms with Crippen LogP contribution in [0.15, 0.2) is 23.1 Å². The van der Waals surface area contributed by atoms with Crippen molar-refractivity contribution >= 4 is 10.0 Å². The molecule has 118 valence electrons. The van der Waals surface area contributed by atoms with Crippen LogP contribution in [0.5, 0.6) is 5.75 Å². The van der Waals surface area contributed by atoms with E-state index in [9.17, 15) is 8.42 Å². The molecule has 0 atom stereocenters. The molecule has 0 saturated heterocycles. The van der Waals surface area contributed by atoms with Crippen LogP contribution in [-0.4, -0.2) is 27.1 Å². The predicted molar refractivity (Wildman–Crippen MR) is 82.9 cm³/mol. The normalized spacial score (nSPS) is 16.0. The lowest BCUT2D eigenvalue weighted by atomic mass is 10.1. The molecule has 21 heavy (non-hydrogen) atoms. The van der Waals surface area contributed by atoms with E-state index >= 15 is 0 Å². The van der Waals surface area contributed by atoms with Gasteiger partial charge in [0.25, 0.3) is 0 Å². The van der Waals surface area contributed by atoms with Gasteiger partial charge in [0.2, 0.25) is 10.0 Å². The maximum atomic E-state index is 12.4. The summed E-state index contributed by atoms with van der Waals surface area (Å²) in [6.07, 6.45) is 2.37. The number of ether oxygens (including phenoxy) is 1. The molecule has 0 aromatic heterocycles. The summed E-state index contributed by atoms with van der Waals surface area (Å²) in [5.74, 6) is 0.706. The highest BCUT2D eigenvalue weighted by atomic mass is 32.2. The first-order valence-corrected chi connectivity index (χ1v) is 8.64. The smallest absolute Gasteiger partial charge is 0.241 e. The molecule has 1 aromatic rings. The maximum Gasteiger partial charge on any atom is 0.241 e. The predicted octanol–water partition coefficient (Wildman–Crippen LogP) is 2.02. The molecule has 0 spiro atoms. The zero-order valence-electron chi connectivity index (χ0n) is 13.1. The van der Waals surface area contributed by atoms with Crippen molar-refractivity contribution in [2.75, 3.05) is 7.11 Å². The highest BCUT2D eigenvalue weighted by Crippen LogP contribution is 2.25. The zero-order chi connectivity index (χ0) is 15.7. The van der Waals surface area contributed by atoms with Gasteiger partial charge in [0, 0.05) is 23.7 Å². The van der Waals surface area contributed by atoms with Gasteiger partial charge in [-0.1, -0.05) is 0 Å². The van der Waals surface area contributed by atoms with Crippen LogP contribution in [0.25, 0.3) is 0 Å². The number of rotatable bonds is 6. The number of hydrogen-bond acceptors (Lipinski definition) is 4. The first-order chi connectivity index (χ1) is 9.71. The molecule has 0 aliphatic heterocycles. The number of methoxy groups -OCH3 is 1. The highest BCUT2D eigenvalue weighted by molar-refractivity contribution is 7.89. The van der Waals surface area contributed by atoms with Crippen molar-refractivity contribution in [2.24, 2.45) is 0 Å². The van der Waals surface area contributed by atoms with Gasteiger partial charge in [-0.2, -0.15) is 0 Å². The SMILES string of the molecule is COc1ccc(S(=O)(=O)NC(C)(C)C)cc1CNC1CC1. The highest BCUT2D eigenvalue weighted by Gasteiger charge is 2.24. The summed E-state index contributed by atoms with van der Waals surface area (Å²) >= 11 is 0. The molecule has 0 heterocycles. The molecule has 1 aliphatic rings. The summed E-state index contributed by atoms with van der Waals surface area (Å²) in [7, 11) is -1.93. The summed E-state index contributed by atoms with van der Waals surface area (Å²) < 4.78 is 32.7. The van der Waals surface area contributed by atoms with Crippen molar-refractivity contribution in [2.45, 2.75) is 56.6 Å². The second-order valence-corrected chi connectivity index (χ2v) is 8.17. The van der Waals surface area contributed by atoms with Gasteiger partial charge < -0.3 is 10.1 Å². The van der Waals surface area contributed by atoms with Gasteiger partial charge in [-0.25, -0.2) is 13.1 Å². The van der Waals surface area contributed by atoms with E-state index in [1.54, 1.807) is 25.3 Å². The molecule has 6 heteroatoms. The first-order valence-electron chi connectivity index (χ1n) is 7.15. The Bertz CT molecular complexity index is 602. The average molecular weight is 312 g/mol. The molecule has 0 radical (unpaired) electrons. The van der Waals surface area contributed by atoms with Gasteiger partial charge in [0.1, 0.15) is 5.75 Å². The van der Waals surface area contributed by atoms with Gasteiger partial charge >= 0.3 is 0 Å². The Labute approximate surface area is 127 Å². The van der Waals surface area contributed by atoms with E-state index in [-0.39, 0.29) is 4.90 Å². The van der Waals surface area contributed by atoms with Gasteiger partial charge in [-0.15, -0.1) is 0 Å². The van der Waals surface area contributed by atoms with Gasteiger partial charge in [0.05, 0.1) is 12.0 Å². The summed E-state index contributed by atoms with van der Waals surface area (Å²) in [6.45, 7) is 6.09. The second kappa shape index (κ2) is 5.94. The second-order valence-electron chi connectivity index (χ2n) is 6.48. The van der Waals surface area contributed by atoms with Crippen molar-refractivity contribution < 1.29 is 13.2 Å². The van der Waals surface area contributed by atoms with Crippen molar-refractivity contribution in [1.29, 1.82) is 0 Å². The largest absolute Gasteiger partial charge is 0.496 e. The molecule has 2 N–H and O–H groups in total. The standard InChI is InChI=1S/C15H24N2O3S/c1-15(2,3)17-21(18,19)13-7-8-14(20-4)11(9-13)10-16-12-5-6-12/h7-9,12,16-17H,5-6,10H2,1-4H3. The van der Waals surface area contributed by atoms with Gasteiger partial charge in [-0.3, -0.25) is 0 Å². The quantitative estimate of drug-likeness (QED) is 0.843. The summed E-state index contributed by atoms with van der Waals surface area (Å²) in [6, 6.07) is 5.53. The number of nitrogens with one attached hydrogen (secondary N) is 2. The Kier molecular flexibility index (Phi) is 4.60. The van der Waals surface area contributed by atoms with Crippen LogP contribution in [0.3, 0.4) is 0 Å². The van der Waals surface area contributed by atoms with E-state index in [1.807, 2.05) is 20.8 Å². The molecule has 2 rings (SSSR count). The molecule has 0 amide bonds. The van der Waals surface area contributed by atoms with E-state index in [0.29, 0.717) is 18.3 Å². The lowest BCUT2D eigenvalue weighted by Crippen LogP contribution is -2.40. The van der Waals surface area contributed by atoms with Crippen LogP contribution in [0, 0.1) is 0 Å². The van der Waals surface area contributed by atoms with Crippen LogP contribution in [0.4, 0.5) is 0 Å². The van der Waals surface area contributed by atoms with Crippen molar-refractivity contribution in [1.82, 2.24) is 10.0 Å². The van der Waals surface area contributed by atoms with Crippen LogP contribution >= 0.6 is 0 Å². The first kappa shape index (κ1) is 16.3. The number of hydrogen-bond donors (Lipinski definition) is 2. The summed E-state index contributed by atoms with van der Waals surface area (Å²) in [5.41, 5.74) is 0.353. The summed E-state index contributed by atoms with van der Waals surface area (Å²) in [4.78, 5) is 0.269. The van der Waals surface area contributed by atoms with Gasteiger partial charge in [-0.05, 0) is 51.8 Å². The van der Waals surface area contributed by atoms with Gasteiger partial charge in [0.15, 0.2) is 0 Å². The molecule has 0 bridgehead atoms. The molecule has 0 unspecified atom stereocenters. The van der Waals surface area contributed by atoms with E-state index in [1.165, 1.54) is 12.8 Å². The molecule has 1 fully saturated rings. The zero-order valence-corrected chi connectivity index (χ0v) is 13.9. The Morgan fingerprint density at radius 3 is 2.48 bits per heavy atom. The van der Waals surface area contributed by atoms with E-state index in [0.717, 1.165) is 5.56 Å². The fourth-order valence-electron chi connectivity index (χ4n) is 2.06. The molecule has 1 aromatic carbocycles. The third kappa shape index (κ3) is 4.69. The topological polar surface area (TPSA) is 67.4 Å². The molecule has 1 aliphatic carbocycles. The lowest BCUT2D eigenvalue weighted by Gasteiger charge is -2.21. The van der Waals surface area contributed by atoms with Crippen LogP contribution in [0.2, 0.25) is 0 Å². The van der Waals surface area contributed by atoms with Crippen molar-refractivity contribution in [3.63, 3.8) is 0 Å². The third-order valence-electron chi connectivity index (χ3n) is 3.16. The Morgan fingerprint density at radius 2 is 1.95 bits per heavy atom. The number of benzene rings is 1. The summed E-state index contributed by atoms with van der Waals surface area (Å²) in [5, 5.41) is 3.38. The number of sulfonamides is 1. The minimum Gasteiger partial charge on any atom is -0.496 e. The molecular formula is C15H24N2O3S. The Hall–Kier alpha value is -1.11. The van der Waals surface area contributed by atoms with E-state index in [4.69, 9.17) is 4.74 Å². The van der Waals surface area contributed by atoms with Crippen molar-refractivity contribution in [3.8, 4) is 5.75 Å². The van der Waals surface area contributed by atoms with Crippen LogP contribution in [0.1, 0.15) is 39.2 Å². The molecule has 1 saturated carbocycles. The lowest BCUT2D eigenvalue weighted by molar-refractivity contribution is 0.407. The maximum absolute atomic E-state index is 12.4. The Balaban J connectivity index is 2.25. The fraction of sp³-hybridized carbons (Fsp3) is 0.600. The fourth-order valence-corrected chi connectivity index (χ4v) is 3.53. The minimum atomic E-state index is -3.52. The minimum absolute atomic E-state index is 0.269.